The third-order valence-corrected chi connectivity index (χ3v) is 6.41. The summed E-state index contributed by atoms with van der Waals surface area (Å²) in [5.41, 5.74) is 3.12. The van der Waals surface area contributed by atoms with Crippen molar-refractivity contribution in [1.82, 2.24) is 14.9 Å². The summed E-state index contributed by atoms with van der Waals surface area (Å²) in [5.74, 6) is 1.62. The molecule has 35 heavy (non-hydrogen) atoms. The Balaban J connectivity index is 1.67. The summed E-state index contributed by atoms with van der Waals surface area (Å²) < 4.78 is 18.2. The number of ether oxygens (including phenoxy) is 3. The lowest BCUT2D eigenvalue weighted by Crippen LogP contribution is -2.29. The molecular weight excluding hydrogens is 489 g/mol. The normalized spacial score (nSPS) is 11.8. The fourth-order valence-corrected chi connectivity index (χ4v) is 4.29. The average molecular weight is 514 g/mol. The van der Waals surface area contributed by atoms with Crippen molar-refractivity contribution >= 4 is 40.1 Å². The van der Waals surface area contributed by atoms with Crippen LogP contribution < -0.4 is 19.5 Å². The highest BCUT2D eigenvalue weighted by molar-refractivity contribution is 6.42. The zero-order chi connectivity index (χ0) is 25.1. The van der Waals surface area contributed by atoms with Crippen LogP contribution in [-0.2, 0) is 6.54 Å². The van der Waals surface area contributed by atoms with E-state index in [1.807, 2.05) is 43.3 Å². The molecule has 1 aromatic heterocycles. The highest BCUT2D eigenvalue weighted by Gasteiger charge is 2.22. The van der Waals surface area contributed by atoms with Crippen molar-refractivity contribution in [3.05, 3.63) is 81.6 Å². The van der Waals surface area contributed by atoms with Crippen LogP contribution in [-0.4, -0.2) is 36.8 Å². The number of amides is 1. The van der Waals surface area contributed by atoms with Crippen molar-refractivity contribution in [3.63, 3.8) is 0 Å². The van der Waals surface area contributed by atoms with Crippen molar-refractivity contribution in [1.29, 1.82) is 0 Å². The molecule has 0 fully saturated rings. The van der Waals surface area contributed by atoms with E-state index in [0.717, 1.165) is 16.6 Å². The molecule has 0 spiro atoms. The van der Waals surface area contributed by atoms with Gasteiger partial charge in [0.15, 0.2) is 11.5 Å². The Bertz CT molecular complexity index is 1360. The Hall–Kier alpha value is -3.42. The van der Waals surface area contributed by atoms with Gasteiger partial charge in [-0.1, -0.05) is 41.4 Å². The van der Waals surface area contributed by atoms with Crippen LogP contribution in [0.25, 0.3) is 11.0 Å². The third-order valence-electron chi connectivity index (χ3n) is 5.67. The summed E-state index contributed by atoms with van der Waals surface area (Å²) in [4.78, 5) is 18.0. The smallest absolute Gasteiger partial charge is 0.252 e. The van der Waals surface area contributed by atoms with Gasteiger partial charge in [-0.15, -0.1) is 0 Å². The third kappa shape index (κ3) is 5.01. The Morgan fingerprint density at radius 1 is 0.971 bits per heavy atom. The highest BCUT2D eigenvalue weighted by atomic mass is 35.5. The summed E-state index contributed by atoms with van der Waals surface area (Å²) in [6.45, 7) is 2.40. The number of fused-ring (bicyclic) bond motifs is 1. The Morgan fingerprint density at radius 2 is 1.66 bits per heavy atom. The zero-order valence-electron chi connectivity index (χ0n) is 19.8. The van der Waals surface area contributed by atoms with Gasteiger partial charge in [-0.25, -0.2) is 4.98 Å². The molecule has 0 saturated heterocycles. The van der Waals surface area contributed by atoms with Crippen LogP contribution in [0.15, 0.2) is 54.6 Å². The molecule has 3 aromatic carbocycles. The number of benzene rings is 3. The first-order valence-corrected chi connectivity index (χ1v) is 11.6. The van der Waals surface area contributed by atoms with Gasteiger partial charge in [0.2, 0.25) is 5.75 Å². The van der Waals surface area contributed by atoms with Crippen LogP contribution >= 0.6 is 23.2 Å². The molecule has 4 aromatic rings. The number of nitrogens with one attached hydrogen (secondary N) is 1. The molecule has 0 aliphatic rings. The van der Waals surface area contributed by atoms with Crippen molar-refractivity contribution in [2.24, 2.45) is 0 Å². The number of carbonyl (C=O) groups is 1. The molecule has 0 bridgehead atoms. The SMILES string of the molecule is COc1cc(C(=O)NC(C)c2nc3ccccc3n2Cc2ccc(Cl)c(Cl)c2)cc(OC)c1OC. The number of halogens is 2. The van der Waals surface area contributed by atoms with Gasteiger partial charge in [0.1, 0.15) is 5.82 Å². The van der Waals surface area contributed by atoms with Crippen LogP contribution in [0, 0.1) is 0 Å². The molecule has 0 saturated carbocycles. The minimum absolute atomic E-state index is 0.301. The average Bonchev–Trinajstić information content (AvgIpc) is 3.23. The molecule has 7 nitrogen and oxygen atoms in total. The Kier molecular flexibility index (Phi) is 7.38. The molecule has 0 radical (unpaired) electrons. The molecule has 9 heteroatoms. The first kappa shape index (κ1) is 24.7. The number of hydrogen-bond acceptors (Lipinski definition) is 5. The maximum absolute atomic E-state index is 13.2. The number of methoxy groups -OCH3 is 3. The number of nitrogens with zero attached hydrogens (tertiary/aromatic N) is 2. The van der Waals surface area contributed by atoms with Crippen LogP contribution in [0.2, 0.25) is 10.0 Å². The van der Waals surface area contributed by atoms with E-state index in [-0.39, 0.29) is 5.91 Å². The van der Waals surface area contributed by atoms with Crippen molar-refractivity contribution in [3.8, 4) is 17.2 Å². The lowest BCUT2D eigenvalue weighted by Gasteiger charge is -2.18. The minimum atomic E-state index is -0.406. The molecule has 182 valence electrons. The van der Waals surface area contributed by atoms with Crippen LogP contribution in [0.5, 0.6) is 17.2 Å². The van der Waals surface area contributed by atoms with Gasteiger partial charge in [0, 0.05) is 12.1 Å². The first-order valence-electron chi connectivity index (χ1n) is 10.9. The van der Waals surface area contributed by atoms with Crippen LogP contribution in [0.4, 0.5) is 0 Å². The second-order valence-electron chi connectivity index (χ2n) is 7.90. The van der Waals surface area contributed by atoms with Gasteiger partial charge in [0.25, 0.3) is 5.91 Å². The van der Waals surface area contributed by atoms with E-state index in [9.17, 15) is 4.79 Å². The fraction of sp³-hybridized carbons (Fsp3) is 0.231. The highest BCUT2D eigenvalue weighted by Crippen LogP contribution is 2.38. The molecule has 1 heterocycles. The minimum Gasteiger partial charge on any atom is -0.493 e. The van der Waals surface area contributed by atoms with E-state index in [2.05, 4.69) is 9.88 Å². The molecule has 1 unspecified atom stereocenters. The molecule has 1 N–H and O–H groups in total. The van der Waals surface area contributed by atoms with E-state index < -0.39 is 6.04 Å². The molecule has 1 amide bonds. The van der Waals surface area contributed by atoms with E-state index in [1.54, 1.807) is 18.2 Å². The van der Waals surface area contributed by atoms with Gasteiger partial charge in [-0.3, -0.25) is 4.79 Å². The van der Waals surface area contributed by atoms with E-state index in [1.165, 1.54) is 21.3 Å². The number of aromatic nitrogens is 2. The van der Waals surface area contributed by atoms with Crippen molar-refractivity contribution < 1.29 is 19.0 Å². The first-order chi connectivity index (χ1) is 16.9. The fourth-order valence-electron chi connectivity index (χ4n) is 3.97. The van der Waals surface area contributed by atoms with E-state index in [4.69, 9.17) is 42.4 Å². The second-order valence-corrected chi connectivity index (χ2v) is 8.72. The Morgan fingerprint density at radius 3 is 2.29 bits per heavy atom. The van der Waals surface area contributed by atoms with Crippen molar-refractivity contribution in [2.45, 2.75) is 19.5 Å². The topological polar surface area (TPSA) is 74.6 Å². The summed E-state index contributed by atoms with van der Waals surface area (Å²) in [6, 6.07) is 16.2. The van der Waals surface area contributed by atoms with Crippen LogP contribution in [0.3, 0.4) is 0 Å². The summed E-state index contributed by atoms with van der Waals surface area (Å²) in [5, 5.41) is 4.02. The van der Waals surface area contributed by atoms with Gasteiger partial charge in [-0.05, 0) is 48.9 Å². The van der Waals surface area contributed by atoms with E-state index >= 15 is 0 Å². The number of para-hydroxylation sites is 2. The maximum Gasteiger partial charge on any atom is 0.252 e. The molecule has 1 atom stereocenters. The van der Waals surface area contributed by atoms with E-state index in [0.29, 0.717) is 45.2 Å². The number of hydrogen-bond donors (Lipinski definition) is 1. The summed E-state index contributed by atoms with van der Waals surface area (Å²) in [7, 11) is 4.53. The summed E-state index contributed by atoms with van der Waals surface area (Å²) >= 11 is 12.3. The zero-order valence-corrected chi connectivity index (χ0v) is 21.3. The van der Waals surface area contributed by atoms with Gasteiger partial charge < -0.3 is 24.1 Å². The number of carbonyl (C=O) groups excluding carboxylic acids is 1. The number of imidazole rings is 1. The number of rotatable bonds is 8. The molecular formula is C26H25Cl2N3O4. The molecule has 4 rings (SSSR count). The predicted octanol–water partition coefficient (Wildman–Crippen LogP) is 5.91. The second kappa shape index (κ2) is 10.5. The van der Waals surface area contributed by atoms with Crippen molar-refractivity contribution in [2.75, 3.05) is 21.3 Å². The lowest BCUT2D eigenvalue weighted by molar-refractivity contribution is 0.0937. The van der Waals surface area contributed by atoms with Gasteiger partial charge >= 0.3 is 0 Å². The Labute approximate surface area is 213 Å². The van der Waals surface area contributed by atoms with Crippen LogP contribution in [0.1, 0.15) is 34.7 Å². The van der Waals surface area contributed by atoms with Gasteiger partial charge in [0.05, 0.1) is 48.4 Å². The quantitative estimate of drug-likeness (QED) is 0.317. The van der Waals surface area contributed by atoms with Gasteiger partial charge in [-0.2, -0.15) is 0 Å². The molecule has 0 aliphatic carbocycles. The largest absolute Gasteiger partial charge is 0.493 e. The lowest BCUT2D eigenvalue weighted by atomic mass is 10.1. The maximum atomic E-state index is 13.2. The predicted molar refractivity (Wildman–Crippen MR) is 137 cm³/mol. The summed E-state index contributed by atoms with van der Waals surface area (Å²) in [6.07, 6.45) is 0. The standard InChI is InChI=1S/C26H25Cl2N3O4/c1-15(29-26(32)17-12-22(33-2)24(35-4)23(13-17)34-3)25-30-20-7-5-6-8-21(20)31(25)14-16-9-10-18(27)19(28)11-16/h5-13,15H,14H2,1-4H3,(H,29,32). The molecule has 0 aliphatic heterocycles. The monoisotopic (exact) mass is 513 g/mol.